The highest BCUT2D eigenvalue weighted by Gasteiger charge is 2.46. The topological polar surface area (TPSA) is 179 Å². The van der Waals surface area contributed by atoms with Gasteiger partial charge < -0.3 is 10.2 Å². The third-order valence-corrected chi connectivity index (χ3v) is 10.5. The molecule has 2 N–H and O–H groups in total. The number of aryl methyl sites for hydroxylation is 3. The molecule has 4 fully saturated rings. The summed E-state index contributed by atoms with van der Waals surface area (Å²) in [6.45, 7) is 4.46. The van der Waals surface area contributed by atoms with Crippen molar-refractivity contribution in [2.45, 2.75) is 108 Å². The van der Waals surface area contributed by atoms with E-state index in [2.05, 4.69) is 47.5 Å². The van der Waals surface area contributed by atoms with Crippen LogP contribution < -0.4 is 0 Å². The zero-order valence-corrected chi connectivity index (χ0v) is 26.4. The Morgan fingerprint density at radius 2 is 1.24 bits per heavy atom. The first-order chi connectivity index (χ1) is 21.6. The highest BCUT2D eigenvalue weighted by Crippen LogP contribution is 2.54. The highest BCUT2D eigenvalue weighted by molar-refractivity contribution is 6.06. The van der Waals surface area contributed by atoms with Gasteiger partial charge in [-0.15, -0.1) is 0 Å². The number of aliphatic carboxylic acids is 1. The van der Waals surface area contributed by atoms with E-state index in [1.165, 1.54) is 55.6 Å². The number of rotatable bonds is 3. The number of aliphatic hydroxyl groups is 1. The number of aromatic nitrogens is 4. The molecule has 6 aliphatic carbocycles. The predicted molar refractivity (Wildman–Crippen MR) is 157 cm³/mol. The molecule has 6 atom stereocenters. The Balaban J connectivity index is 0.000000141. The molecule has 2 heterocycles. The quantitative estimate of drug-likeness (QED) is 0.368. The zero-order chi connectivity index (χ0) is 33.0. The Morgan fingerprint density at radius 3 is 1.80 bits per heavy atom. The van der Waals surface area contributed by atoms with Gasteiger partial charge in [0.2, 0.25) is 5.76 Å². The summed E-state index contributed by atoms with van der Waals surface area (Å²) in [5, 5.41) is 27.0. The number of ketones is 1. The molecule has 242 valence electrons. The average Bonchev–Trinajstić information content (AvgIpc) is 3.86. The van der Waals surface area contributed by atoms with Gasteiger partial charge in [0.15, 0.2) is 5.78 Å². The van der Waals surface area contributed by atoms with E-state index < -0.39 is 11.7 Å². The number of nitrogens with zero attached hydrogens (tertiary/aromatic N) is 4. The van der Waals surface area contributed by atoms with Crippen LogP contribution in [0.1, 0.15) is 129 Å². The largest absolute Gasteiger partial charge is 0.502 e. The average molecular weight is 623 g/mol. The number of aliphatic hydroxyl groups excluding tert-OH is 1. The number of allylic oxidation sites excluding steroid dienone is 1. The molecule has 6 bridgehead atoms. The maximum atomic E-state index is 11.4. The van der Waals surface area contributed by atoms with Crippen molar-refractivity contribution in [3.63, 3.8) is 0 Å². The number of carboxylic acid groups (broad SMARTS) is 1. The number of carbonyl (C=O) groups is 2. The van der Waals surface area contributed by atoms with E-state index in [1.54, 1.807) is 16.8 Å². The summed E-state index contributed by atoms with van der Waals surface area (Å²) in [6, 6.07) is 0. The van der Waals surface area contributed by atoms with E-state index in [0.717, 1.165) is 55.8 Å². The second kappa shape index (κ2) is 14.3. The highest BCUT2D eigenvalue weighted by atomic mass is 16.4. The molecule has 45 heavy (non-hydrogen) atoms. The summed E-state index contributed by atoms with van der Waals surface area (Å²) in [6.07, 6.45) is 13.6. The standard InChI is InChI=1S/2C11H16N2.C9H10O4.2CO2/c1-3-9-10-7-4-5-8(6-7)11(10)12-13(9)2;1-3-9-10-7-4-5-8(6-7)11(10)13(2)12-9;10-7-5-2-1-4(3-5)6(7)8(11)9(12)13;2*2-1-3/h2*7-8H,3-6H2,1-2H3;4-5,11H,1-3H2,(H,12,13);;/b;;8-6-;;. The van der Waals surface area contributed by atoms with Crippen molar-refractivity contribution >= 4 is 24.1 Å². The summed E-state index contributed by atoms with van der Waals surface area (Å²) < 4.78 is 4.24. The lowest BCUT2D eigenvalue weighted by Gasteiger charge is -2.12. The van der Waals surface area contributed by atoms with Crippen LogP contribution in [0.3, 0.4) is 0 Å². The van der Waals surface area contributed by atoms with Crippen LogP contribution >= 0.6 is 0 Å². The molecule has 6 unspecified atom stereocenters. The summed E-state index contributed by atoms with van der Waals surface area (Å²) >= 11 is 0. The van der Waals surface area contributed by atoms with E-state index in [0.29, 0.717) is 0 Å². The van der Waals surface area contributed by atoms with Crippen molar-refractivity contribution in [3.05, 3.63) is 45.2 Å². The zero-order valence-electron chi connectivity index (χ0n) is 26.4. The minimum Gasteiger partial charge on any atom is -0.502 e. The Labute approximate surface area is 261 Å². The molecule has 0 radical (unpaired) electrons. The van der Waals surface area contributed by atoms with Crippen LogP contribution in [0.5, 0.6) is 0 Å². The molecule has 2 aromatic rings. The first-order valence-corrected chi connectivity index (χ1v) is 15.9. The molecule has 12 nitrogen and oxygen atoms in total. The van der Waals surface area contributed by atoms with E-state index in [4.69, 9.17) is 24.3 Å². The number of carbonyl (C=O) groups excluding carboxylic acids is 5. The summed E-state index contributed by atoms with van der Waals surface area (Å²) in [4.78, 5) is 54.4. The van der Waals surface area contributed by atoms with Gasteiger partial charge in [-0.3, -0.25) is 14.2 Å². The van der Waals surface area contributed by atoms with Crippen LogP contribution in [-0.2, 0) is 55.7 Å². The third-order valence-electron chi connectivity index (χ3n) is 10.5. The molecule has 4 saturated carbocycles. The van der Waals surface area contributed by atoms with Gasteiger partial charge in [0, 0.05) is 48.8 Å². The SMILES string of the molecule is CCc1c2c(nn1C)C1CCC2C1.CCc1nn(C)c2c1C1CCC2C1.O=C(O)/C(O)=C1/C(=O)C2CCC1C2.O=C=O.O=C=O. The van der Waals surface area contributed by atoms with Gasteiger partial charge >= 0.3 is 18.3 Å². The molecule has 0 saturated heterocycles. The molecular weight excluding hydrogens is 580 g/mol. The van der Waals surface area contributed by atoms with E-state index in [-0.39, 0.29) is 35.5 Å². The summed E-state index contributed by atoms with van der Waals surface area (Å²) in [7, 11) is 4.20. The molecule has 0 amide bonds. The number of fused-ring (bicyclic) bond motifs is 12. The molecule has 0 spiro atoms. The first-order valence-electron chi connectivity index (χ1n) is 15.9. The van der Waals surface area contributed by atoms with Gasteiger partial charge in [-0.2, -0.15) is 29.4 Å². The number of hydrogen-bond donors (Lipinski definition) is 2. The maximum absolute atomic E-state index is 11.4. The summed E-state index contributed by atoms with van der Waals surface area (Å²) in [5.41, 5.74) is 9.27. The first kappa shape index (κ1) is 33.7. The Morgan fingerprint density at radius 1 is 0.733 bits per heavy atom. The Bertz CT molecular complexity index is 1530. The van der Waals surface area contributed by atoms with Crippen molar-refractivity contribution in [1.82, 2.24) is 19.6 Å². The second-order valence-corrected chi connectivity index (χ2v) is 12.7. The van der Waals surface area contributed by atoms with Crippen molar-refractivity contribution in [2.75, 3.05) is 0 Å². The normalized spacial score (nSPS) is 27.7. The van der Waals surface area contributed by atoms with Gasteiger partial charge in [0.25, 0.3) is 0 Å². The fraction of sp³-hybridized carbons (Fsp3) is 0.636. The van der Waals surface area contributed by atoms with Crippen LogP contribution in [0, 0.1) is 11.8 Å². The lowest BCUT2D eigenvalue weighted by atomic mass is 9.92. The van der Waals surface area contributed by atoms with Gasteiger partial charge in [-0.05, 0) is 99.5 Å². The van der Waals surface area contributed by atoms with Crippen molar-refractivity contribution < 1.29 is 39.0 Å². The predicted octanol–water partition coefficient (Wildman–Crippen LogP) is 4.41. The number of Topliss-reactive ketones (excluding diaryl/α,β-unsaturated/α-hetero) is 1. The van der Waals surface area contributed by atoms with Gasteiger partial charge in [0.1, 0.15) is 0 Å². The molecule has 0 aromatic carbocycles. The maximum Gasteiger partial charge on any atom is 0.373 e. The van der Waals surface area contributed by atoms with Crippen molar-refractivity contribution in [2.24, 2.45) is 25.9 Å². The van der Waals surface area contributed by atoms with Gasteiger partial charge in [0.05, 0.1) is 11.4 Å². The molecule has 0 aliphatic heterocycles. The minimum atomic E-state index is -1.39. The van der Waals surface area contributed by atoms with Gasteiger partial charge in [-0.25, -0.2) is 4.79 Å². The van der Waals surface area contributed by atoms with Crippen molar-refractivity contribution in [1.29, 1.82) is 0 Å². The van der Waals surface area contributed by atoms with E-state index in [1.807, 2.05) is 0 Å². The van der Waals surface area contributed by atoms with E-state index in [9.17, 15) is 14.7 Å². The molecule has 2 aromatic heterocycles. The monoisotopic (exact) mass is 622 g/mol. The lowest BCUT2D eigenvalue weighted by Crippen LogP contribution is -2.17. The Hall–Kier alpha value is -4.14. The van der Waals surface area contributed by atoms with Crippen molar-refractivity contribution in [3.8, 4) is 0 Å². The van der Waals surface area contributed by atoms with Crippen LogP contribution in [0.15, 0.2) is 11.3 Å². The lowest BCUT2D eigenvalue weighted by molar-refractivity contribution is -0.193. The fourth-order valence-electron chi connectivity index (χ4n) is 8.88. The molecule has 6 aliphatic rings. The van der Waals surface area contributed by atoms with Gasteiger partial charge in [-0.1, -0.05) is 13.8 Å². The smallest absolute Gasteiger partial charge is 0.373 e. The van der Waals surface area contributed by atoms with Crippen LogP contribution in [0.4, 0.5) is 0 Å². The molecular formula is C33H42N4O8. The Kier molecular flexibility index (Phi) is 10.7. The number of carboxylic acids is 1. The fourth-order valence-corrected chi connectivity index (χ4v) is 8.88. The second-order valence-electron chi connectivity index (χ2n) is 12.7. The van der Waals surface area contributed by atoms with Crippen LogP contribution in [0.25, 0.3) is 0 Å². The van der Waals surface area contributed by atoms with Crippen LogP contribution in [-0.4, -0.2) is 53.8 Å². The van der Waals surface area contributed by atoms with Crippen LogP contribution in [0.2, 0.25) is 0 Å². The number of hydrogen-bond acceptors (Lipinski definition) is 9. The third kappa shape index (κ3) is 6.35. The van der Waals surface area contributed by atoms with E-state index >= 15 is 0 Å². The molecule has 12 heteroatoms. The minimum absolute atomic E-state index is 0.00593. The molecule has 8 rings (SSSR count). The summed E-state index contributed by atoms with van der Waals surface area (Å²) in [5.74, 6) is 1.07.